The van der Waals surface area contributed by atoms with Gasteiger partial charge in [0, 0.05) is 35.5 Å². The Labute approximate surface area is 157 Å². The van der Waals surface area contributed by atoms with Crippen LogP contribution in [-0.2, 0) is 11.2 Å². The van der Waals surface area contributed by atoms with E-state index in [9.17, 15) is 4.79 Å². The van der Waals surface area contributed by atoms with Crippen LogP contribution in [0.2, 0.25) is 0 Å². The number of hydrogen-bond donors (Lipinski definition) is 1. The summed E-state index contributed by atoms with van der Waals surface area (Å²) < 4.78 is 5.59. The van der Waals surface area contributed by atoms with Gasteiger partial charge in [-0.05, 0) is 25.2 Å². The minimum Gasteiger partial charge on any atom is -0.496 e. The van der Waals surface area contributed by atoms with Crippen LogP contribution < -0.4 is 10.5 Å². The maximum absolute atomic E-state index is 12.9. The zero-order valence-corrected chi connectivity index (χ0v) is 15.7. The summed E-state index contributed by atoms with van der Waals surface area (Å²) in [5.41, 5.74) is 11.2. The number of rotatable bonds is 3. The number of aromatic nitrogens is 2. The Balaban J connectivity index is 2.00. The molecule has 26 heavy (non-hydrogen) atoms. The van der Waals surface area contributed by atoms with E-state index in [1.54, 1.807) is 7.11 Å². The van der Waals surface area contributed by atoms with Crippen LogP contribution in [0.1, 0.15) is 42.0 Å². The lowest BCUT2D eigenvalue weighted by Crippen LogP contribution is -2.27. The number of para-hydroxylation sites is 1. The molecule has 5 nitrogen and oxygen atoms in total. The molecule has 0 radical (unpaired) electrons. The number of allylic oxidation sites excluding steroid dienone is 2. The SMILES string of the molecule is COc1ccccc1C1C2=C(CCCC2=O)Cc2nc(SC)nc(N)c21. The van der Waals surface area contributed by atoms with E-state index in [1.807, 2.05) is 30.5 Å². The lowest BCUT2D eigenvalue weighted by Gasteiger charge is -2.33. The Bertz CT molecular complexity index is 923. The normalized spacial score (nSPS) is 19.2. The number of ketones is 1. The van der Waals surface area contributed by atoms with Gasteiger partial charge in [-0.1, -0.05) is 35.5 Å². The van der Waals surface area contributed by atoms with E-state index < -0.39 is 0 Å². The van der Waals surface area contributed by atoms with Gasteiger partial charge < -0.3 is 10.5 Å². The molecule has 2 N–H and O–H groups in total. The van der Waals surface area contributed by atoms with Crippen LogP contribution in [0.25, 0.3) is 0 Å². The highest BCUT2D eigenvalue weighted by atomic mass is 32.2. The molecule has 134 valence electrons. The first-order chi connectivity index (χ1) is 12.6. The standard InChI is InChI=1S/C20H21N3O2S/c1-25-15-9-4-3-7-12(15)17-16-11(6-5-8-14(16)24)10-13-18(17)19(21)23-20(22-13)26-2/h3-4,7,9,17H,5-6,8,10H2,1-2H3,(H2,21,22,23). The zero-order valence-electron chi connectivity index (χ0n) is 14.9. The van der Waals surface area contributed by atoms with Crippen molar-refractivity contribution in [1.29, 1.82) is 0 Å². The molecule has 2 aliphatic rings. The van der Waals surface area contributed by atoms with Crippen LogP contribution >= 0.6 is 11.8 Å². The molecule has 0 fully saturated rings. The molecule has 0 saturated carbocycles. The van der Waals surface area contributed by atoms with Gasteiger partial charge in [0.25, 0.3) is 0 Å². The van der Waals surface area contributed by atoms with E-state index in [1.165, 1.54) is 17.3 Å². The minimum atomic E-state index is -0.256. The highest BCUT2D eigenvalue weighted by Gasteiger charge is 2.38. The maximum atomic E-state index is 12.9. The second-order valence-electron chi connectivity index (χ2n) is 6.60. The monoisotopic (exact) mass is 367 g/mol. The molecule has 1 aromatic carbocycles. The number of benzene rings is 1. The van der Waals surface area contributed by atoms with Gasteiger partial charge in [0.05, 0.1) is 12.8 Å². The highest BCUT2D eigenvalue weighted by molar-refractivity contribution is 7.98. The molecule has 2 aromatic rings. The summed E-state index contributed by atoms with van der Waals surface area (Å²) in [4.78, 5) is 22.1. The number of carbonyl (C=O) groups excluding carboxylic acids is 1. The van der Waals surface area contributed by atoms with Crippen molar-refractivity contribution < 1.29 is 9.53 Å². The molecule has 1 unspecified atom stereocenters. The van der Waals surface area contributed by atoms with Crippen molar-refractivity contribution in [2.24, 2.45) is 0 Å². The number of methoxy groups -OCH3 is 1. The van der Waals surface area contributed by atoms with Crippen molar-refractivity contribution >= 4 is 23.4 Å². The number of nitrogens with two attached hydrogens (primary N) is 1. The molecule has 0 spiro atoms. The van der Waals surface area contributed by atoms with Crippen LogP contribution in [0, 0.1) is 0 Å². The van der Waals surface area contributed by atoms with Crippen molar-refractivity contribution in [2.45, 2.75) is 36.8 Å². The molecule has 0 bridgehead atoms. The van der Waals surface area contributed by atoms with E-state index in [0.29, 0.717) is 23.8 Å². The number of fused-ring (bicyclic) bond motifs is 1. The fourth-order valence-corrected chi connectivity index (χ4v) is 4.48. The van der Waals surface area contributed by atoms with Gasteiger partial charge in [0.1, 0.15) is 11.6 Å². The molecule has 1 aromatic heterocycles. The van der Waals surface area contributed by atoms with E-state index >= 15 is 0 Å². The number of nitrogen functional groups attached to an aromatic ring is 1. The molecule has 0 aliphatic heterocycles. The average Bonchev–Trinajstić information content (AvgIpc) is 2.66. The van der Waals surface area contributed by atoms with Crippen molar-refractivity contribution in [2.75, 3.05) is 19.1 Å². The number of anilines is 1. The van der Waals surface area contributed by atoms with E-state index in [0.717, 1.165) is 41.0 Å². The van der Waals surface area contributed by atoms with Gasteiger partial charge in [0.2, 0.25) is 0 Å². The predicted molar refractivity (Wildman–Crippen MR) is 103 cm³/mol. The third-order valence-electron chi connectivity index (χ3n) is 5.19. The number of thioether (sulfide) groups is 1. The first-order valence-corrected chi connectivity index (χ1v) is 9.94. The molecule has 1 heterocycles. The van der Waals surface area contributed by atoms with Crippen LogP contribution in [0.5, 0.6) is 5.75 Å². The molecule has 4 rings (SSSR count). The smallest absolute Gasteiger partial charge is 0.189 e. The van der Waals surface area contributed by atoms with Crippen molar-refractivity contribution in [3.05, 3.63) is 52.2 Å². The summed E-state index contributed by atoms with van der Waals surface area (Å²) in [6, 6.07) is 7.82. The molecule has 2 aliphatic carbocycles. The number of carbonyl (C=O) groups is 1. The maximum Gasteiger partial charge on any atom is 0.189 e. The summed E-state index contributed by atoms with van der Waals surface area (Å²) >= 11 is 1.48. The highest BCUT2D eigenvalue weighted by Crippen LogP contribution is 2.48. The van der Waals surface area contributed by atoms with Crippen molar-refractivity contribution in [3.8, 4) is 5.75 Å². The van der Waals surface area contributed by atoms with Crippen LogP contribution in [0.15, 0.2) is 40.6 Å². The van der Waals surface area contributed by atoms with Gasteiger partial charge in [0.15, 0.2) is 10.9 Å². The Morgan fingerprint density at radius 1 is 1.23 bits per heavy atom. The molecule has 0 saturated heterocycles. The third-order valence-corrected chi connectivity index (χ3v) is 5.74. The van der Waals surface area contributed by atoms with Gasteiger partial charge >= 0.3 is 0 Å². The summed E-state index contributed by atoms with van der Waals surface area (Å²) in [5, 5.41) is 0.672. The number of nitrogens with zero attached hydrogens (tertiary/aromatic N) is 2. The Morgan fingerprint density at radius 3 is 2.81 bits per heavy atom. The fourth-order valence-electron chi connectivity index (χ4n) is 4.09. The number of hydrogen-bond acceptors (Lipinski definition) is 6. The van der Waals surface area contributed by atoms with Gasteiger partial charge in [-0.3, -0.25) is 4.79 Å². The topological polar surface area (TPSA) is 78.1 Å². The zero-order chi connectivity index (χ0) is 18.3. The minimum absolute atomic E-state index is 0.209. The summed E-state index contributed by atoms with van der Waals surface area (Å²) in [6.07, 6.45) is 5.05. The lowest BCUT2D eigenvalue weighted by molar-refractivity contribution is -0.116. The second kappa shape index (κ2) is 6.76. The molecule has 6 heteroatoms. The fraction of sp³-hybridized carbons (Fsp3) is 0.350. The van der Waals surface area contributed by atoms with Crippen LogP contribution in [-0.4, -0.2) is 29.1 Å². The third kappa shape index (κ3) is 2.69. The van der Waals surface area contributed by atoms with Gasteiger partial charge in [-0.15, -0.1) is 0 Å². The Hall–Kier alpha value is -2.34. The van der Waals surface area contributed by atoms with E-state index in [-0.39, 0.29) is 11.7 Å². The molecular weight excluding hydrogens is 346 g/mol. The van der Waals surface area contributed by atoms with Crippen molar-refractivity contribution in [3.63, 3.8) is 0 Å². The summed E-state index contributed by atoms with van der Waals surface area (Å²) in [7, 11) is 1.65. The second-order valence-corrected chi connectivity index (χ2v) is 7.38. The van der Waals surface area contributed by atoms with Crippen LogP contribution in [0.3, 0.4) is 0 Å². The molecule has 1 atom stereocenters. The first-order valence-electron chi connectivity index (χ1n) is 8.72. The van der Waals surface area contributed by atoms with E-state index in [4.69, 9.17) is 15.5 Å². The molecule has 0 amide bonds. The van der Waals surface area contributed by atoms with Crippen LogP contribution in [0.4, 0.5) is 5.82 Å². The quantitative estimate of drug-likeness (QED) is 0.660. The summed E-state index contributed by atoms with van der Waals surface area (Å²) in [6.45, 7) is 0. The number of ether oxygens (including phenoxy) is 1. The van der Waals surface area contributed by atoms with E-state index in [2.05, 4.69) is 4.98 Å². The largest absolute Gasteiger partial charge is 0.496 e. The van der Waals surface area contributed by atoms with Gasteiger partial charge in [-0.2, -0.15) is 0 Å². The van der Waals surface area contributed by atoms with Crippen molar-refractivity contribution in [1.82, 2.24) is 9.97 Å². The Kier molecular flexibility index (Phi) is 4.44. The average molecular weight is 367 g/mol. The first kappa shape index (κ1) is 17.1. The summed E-state index contributed by atoms with van der Waals surface area (Å²) in [5.74, 6) is 1.17. The predicted octanol–water partition coefficient (Wildman–Crippen LogP) is 3.53. The number of Topliss-reactive ketones (excluding diaryl/α,β-unsaturated/α-hetero) is 1. The Morgan fingerprint density at radius 2 is 2.04 bits per heavy atom. The molecular formula is C20H21N3O2S. The lowest BCUT2D eigenvalue weighted by atomic mass is 9.71. The van der Waals surface area contributed by atoms with Gasteiger partial charge in [-0.25, -0.2) is 9.97 Å².